The van der Waals surface area contributed by atoms with Crippen molar-refractivity contribution in [1.29, 1.82) is 0 Å². The third-order valence-corrected chi connectivity index (χ3v) is 3.16. The van der Waals surface area contributed by atoms with Gasteiger partial charge in [-0.2, -0.15) is 8.42 Å². The quantitative estimate of drug-likeness (QED) is 0.883. The number of methoxy groups -OCH3 is 1. The number of nitrogens with one attached hydrogen (secondary N) is 2. The van der Waals surface area contributed by atoms with Crippen LogP contribution in [0.2, 0.25) is 0 Å². The van der Waals surface area contributed by atoms with Crippen molar-refractivity contribution in [2.75, 3.05) is 11.8 Å². The Hall–Kier alpha value is -1.35. The highest BCUT2D eigenvalue weighted by Crippen LogP contribution is 2.19. The molecule has 0 heterocycles. The Morgan fingerprint density at radius 3 is 2.65 bits per heavy atom. The van der Waals surface area contributed by atoms with Crippen molar-refractivity contribution in [2.45, 2.75) is 0 Å². The van der Waals surface area contributed by atoms with Gasteiger partial charge in [0.2, 0.25) is 0 Å². The summed E-state index contributed by atoms with van der Waals surface area (Å²) >= 11 is 2.92. The van der Waals surface area contributed by atoms with E-state index in [-0.39, 0.29) is 10.2 Å². The summed E-state index contributed by atoms with van der Waals surface area (Å²) < 4.78 is 43.5. The van der Waals surface area contributed by atoms with Gasteiger partial charge >= 0.3 is 16.3 Å². The minimum atomic E-state index is -4.13. The Balaban J connectivity index is 2.83. The highest BCUT2D eigenvalue weighted by molar-refractivity contribution is 9.10. The maximum absolute atomic E-state index is 13.1. The predicted molar refractivity (Wildman–Crippen MR) is 62.2 cm³/mol. The molecule has 94 valence electrons. The van der Waals surface area contributed by atoms with E-state index in [0.717, 1.165) is 13.2 Å². The highest BCUT2D eigenvalue weighted by Gasteiger charge is 2.14. The molecule has 0 spiro atoms. The molecule has 2 N–H and O–H groups in total. The van der Waals surface area contributed by atoms with Gasteiger partial charge in [0.25, 0.3) is 0 Å². The number of hydrogen-bond donors (Lipinski definition) is 2. The summed E-state index contributed by atoms with van der Waals surface area (Å²) in [6, 6.07) is 3.61. The van der Waals surface area contributed by atoms with E-state index in [1.165, 1.54) is 12.1 Å². The van der Waals surface area contributed by atoms with Gasteiger partial charge < -0.3 is 4.74 Å². The minimum Gasteiger partial charge on any atom is -0.452 e. The van der Waals surface area contributed by atoms with Crippen LogP contribution in [0.15, 0.2) is 22.7 Å². The molecule has 0 fully saturated rings. The SMILES string of the molecule is COC(=O)NS(=O)(=O)Nc1ccc(Br)c(F)c1. The molecular formula is C8H8BrFN2O4S. The van der Waals surface area contributed by atoms with Crippen LogP contribution in [0.4, 0.5) is 14.9 Å². The number of amides is 1. The molecule has 0 aliphatic carbocycles. The zero-order valence-electron chi connectivity index (χ0n) is 8.53. The van der Waals surface area contributed by atoms with Crippen molar-refractivity contribution in [2.24, 2.45) is 0 Å². The van der Waals surface area contributed by atoms with Crippen molar-refractivity contribution < 1.29 is 22.3 Å². The van der Waals surface area contributed by atoms with E-state index < -0.39 is 22.1 Å². The lowest BCUT2D eigenvalue weighted by atomic mass is 10.3. The number of benzene rings is 1. The van der Waals surface area contributed by atoms with E-state index >= 15 is 0 Å². The second-order valence-electron chi connectivity index (χ2n) is 2.83. The van der Waals surface area contributed by atoms with Crippen LogP contribution >= 0.6 is 15.9 Å². The second-order valence-corrected chi connectivity index (χ2v) is 5.10. The summed E-state index contributed by atoms with van der Waals surface area (Å²) in [6.45, 7) is 0. The average molecular weight is 327 g/mol. The van der Waals surface area contributed by atoms with E-state index in [2.05, 4.69) is 20.7 Å². The molecule has 0 saturated heterocycles. The lowest BCUT2D eigenvalue weighted by Gasteiger charge is -2.08. The van der Waals surface area contributed by atoms with Gasteiger partial charge in [0.05, 0.1) is 17.3 Å². The van der Waals surface area contributed by atoms with Crippen molar-refractivity contribution in [3.8, 4) is 0 Å². The van der Waals surface area contributed by atoms with E-state index in [1.54, 1.807) is 4.72 Å². The third-order valence-electron chi connectivity index (χ3n) is 1.57. The smallest absolute Gasteiger partial charge is 0.422 e. The van der Waals surface area contributed by atoms with Gasteiger partial charge in [-0.05, 0) is 34.1 Å². The Labute approximate surface area is 105 Å². The first-order valence-electron chi connectivity index (χ1n) is 4.17. The first kappa shape index (κ1) is 13.7. The molecule has 1 amide bonds. The predicted octanol–water partition coefficient (Wildman–Crippen LogP) is 1.60. The molecule has 0 aromatic heterocycles. The standard InChI is InChI=1S/C8H8BrFN2O4S/c1-16-8(13)12-17(14,15)11-5-2-3-6(9)7(10)4-5/h2-4,11H,1H3,(H,12,13). The highest BCUT2D eigenvalue weighted by atomic mass is 79.9. The third kappa shape index (κ3) is 4.19. The van der Waals surface area contributed by atoms with Crippen LogP contribution < -0.4 is 9.44 Å². The minimum absolute atomic E-state index is 0.0258. The van der Waals surface area contributed by atoms with Crippen molar-refractivity contribution in [3.63, 3.8) is 0 Å². The fraction of sp³-hybridized carbons (Fsp3) is 0.125. The second kappa shape index (κ2) is 5.32. The molecule has 1 aromatic carbocycles. The van der Waals surface area contributed by atoms with Gasteiger partial charge in [-0.25, -0.2) is 13.9 Å². The molecule has 0 aliphatic rings. The summed E-state index contributed by atoms with van der Waals surface area (Å²) in [7, 11) is -3.11. The molecule has 0 atom stereocenters. The molecule has 0 bridgehead atoms. The summed E-state index contributed by atoms with van der Waals surface area (Å²) in [4.78, 5) is 10.7. The van der Waals surface area contributed by atoms with Crippen LogP contribution in [0.5, 0.6) is 0 Å². The number of ether oxygens (including phenoxy) is 1. The molecule has 0 radical (unpaired) electrons. The zero-order valence-corrected chi connectivity index (χ0v) is 10.9. The number of carbonyl (C=O) groups is 1. The van der Waals surface area contributed by atoms with Crippen LogP contribution in [0.25, 0.3) is 0 Å². The Bertz CT molecular complexity index is 534. The molecule has 0 saturated carbocycles. The van der Waals surface area contributed by atoms with Crippen LogP contribution in [0.3, 0.4) is 0 Å². The van der Waals surface area contributed by atoms with E-state index in [4.69, 9.17) is 0 Å². The first-order chi connectivity index (χ1) is 7.84. The molecular weight excluding hydrogens is 319 g/mol. The van der Waals surface area contributed by atoms with Gasteiger partial charge in [-0.3, -0.25) is 4.72 Å². The lowest BCUT2D eigenvalue weighted by Crippen LogP contribution is -2.35. The van der Waals surface area contributed by atoms with E-state index in [0.29, 0.717) is 0 Å². The molecule has 0 aliphatic heterocycles. The molecule has 1 rings (SSSR count). The van der Waals surface area contributed by atoms with Crippen molar-refractivity contribution in [3.05, 3.63) is 28.5 Å². The molecule has 17 heavy (non-hydrogen) atoms. The normalized spacial score (nSPS) is 10.8. The van der Waals surface area contributed by atoms with Gasteiger partial charge in [0.15, 0.2) is 0 Å². The monoisotopic (exact) mass is 326 g/mol. The topological polar surface area (TPSA) is 84.5 Å². The van der Waals surface area contributed by atoms with Crippen molar-refractivity contribution >= 4 is 37.9 Å². The number of halogens is 2. The van der Waals surface area contributed by atoms with Crippen LogP contribution in [0, 0.1) is 5.82 Å². The molecule has 6 nitrogen and oxygen atoms in total. The van der Waals surface area contributed by atoms with Crippen LogP contribution in [-0.4, -0.2) is 21.6 Å². The average Bonchev–Trinajstić information content (AvgIpc) is 2.22. The van der Waals surface area contributed by atoms with Gasteiger partial charge in [0, 0.05) is 0 Å². The summed E-state index contributed by atoms with van der Waals surface area (Å²) in [5.74, 6) is -0.636. The molecule has 9 heteroatoms. The number of hydrogen-bond acceptors (Lipinski definition) is 4. The first-order valence-corrected chi connectivity index (χ1v) is 6.45. The van der Waals surface area contributed by atoms with E-state index in [9.17, 15) is 17.6 Å². The van der Waals surface area contributed by atoms with Gasteiger partial charge in [-0.1, -0.05) is 0 Å². The molecule has 1 aromatic rings. The van der Waals surface area contributed by atoms with Crippen LogP contribution in [0.1, 0.15) is 0 Å². The number of rotatable bonds is 3. The van der Waals surface area contributed by atoms with Crippen molar-refractivity contribution in [1.82, 2.24) is 4.72 Å². The molecule has 0 unspecified atom stereocenters. The van der Waals surface area contributed by atoms with E-state index in [1.807, 2.05) is 4.72 Å². The fourth-order valence-electron chi connectivity index (χ4n) is 0.892. The van der Waals surface area contributed by atoms with Crippen LogP contribution in [-0.2, 0) is 14.9 Å². The summed E-state index contributed by atoms with van der Waals surface area (Å²) in [5, 5.41) is 0. The Morgan fingerprint density at radius 1 is 1.47 bits per heavy atom. The zero-order chi connectivity index (χ0) is 13.1. The number of anilines is 1. The maximum Gasteiger partial charge on any atom is 0.422 e. The lowest BCUT2D eigenvalue weighted by molar-refractivity contribution is 0.177. The fourth-order valence-corrected chi connectivity index (χ4v) is 1.93. The Morgan fingerprint density at radius 2 is 2.12 bits per heavy atom. The summed E-state index contributed by atoms with van der Waals surface area (Å²) in [6.07, 6.45) is -1.14. The maximum atomic E-state index is 13.1. The Kier molecular flexibility index (Phi) is 4.29. The van der Waals surface area contributed by atoms with Gasteiger partial charge in [-0.15, -0.1) is 0 Å². The van der Waals surface area contributed by atoms with Gasteiger partial charge in [0.1, 0.15) is 5.82 Å². The summed E-state index contributed by atoms with van der Waals surface area (Å²) in [5.41, 5.74) is -0.0258. The largest absolute Gasteiger partial charge is 0.452 e. The number of carbonyl (C=O) groups excluding carboxylic acids is 1.